The van der Waals surface area contributed by atoms with Gasteiger partial charge < -0.3 is 14.5 Å². The van der Waals surface area contributed by atoms with Crippen LogP contribution in [0.2, 0.25) is 0 Å². The van der Waals surface area contributed by atoms with E-state index in [0.29, 0.717) is 12.6 Å². The third-order valence-electron chi connectivity index (χ3n) is 6.58. The molecule has 0 N–H and O–H groups in total. The third kappa shape index (κ3) is 5.04. The van der Waals surface area contributed by atoms with Crippen molar-refractivity contribution in [3.8, 4) is 5.75 Å². The summed E-state index contributed by atoms with van der Waals surface area (Å²) in [7, 11) is 4.33. The maximum atomic E-state index is 6.16. The summed E-state index contributed by atoms with van der Waals surface area (Å²) in [6, 6.07) is 19.0. The number of nitrogens with zero attached hydrogens (tertiary/aromatic N) is 6. The van der Waals surface area contributed by atoms with Crippen LogP contribution >= 0.6 is 0 Å². The molecule has 0 aliphatic heterocycles. The predicted octanol–water partition coefficient (Wildman–Crippen LogP) is 4.96. The molecule has 0 atom stereocenters. The molecule has 1 aliphatic carbocycles. The summed E-state index contributed by atoms with van der Waals surface area (Å²) in [5.74, 6) is 2.49. The van der Waals surface area contributed by atoms with Crippen LogP contribution in [0.1, 0.15) is 31.2 Å². The van der Waals surface area contributed by atoms with Crippen LogP contribution in [-0.2, 0) is 6.61 Å². The monoisotopic (exact) mass is 456 g/mol. The highest BCUT2D eigenvalue weighted by molar-refractivity contribution is 5.75. The lowest BCUT2D eigenvalue weighted by molar-refractivity contribution is 0.249. The van der Waals surface area contributed by atoms with Crippen LogP contribution in [0.25, 0.3) is 5.52 Å². The molecule has 5 rings (SSSR count). The van der Waals surface area contributed by atoms with E-state index in [2.05, 4.69) is 64.3 Å². The Hall–Kier alpha value is -3.45. The van der Waals surface area contributed by atoms with Gasteiger partial charge in [0.2, 0.25) is 0 Å². The Morgan fingerprint density at radius 2 is 1.82 bits per heavy atom. The number of anilines is 2. The van der Waals surface area contributed by atoms with Gasteiger partial charge in [0.15, 0.2) is 5.82 Å². The van der Waals surface area contributed by atoms with Crippen LogP contribution in [0.15, 0.2) is 73.4 Å². The quantitative estimate of drug-likeness (QED) is 0.373. The summed E-state index contributed by atoms with van der Waals surface area (Å²) in [5.41, 5.74) is 3.15. The summed E-state index contributed by atoms with van der Waals surface area (Å²) in [5, 5.41) is 4.33. The van der Waals surface area contributed by atoms with E-state index < -0.39 is 0 Å². The highest BCUT2D eigenvalue weighted by Crippen LogP contribution is 2.37. The average molecular weight is 457 g/mol. The van der Waals surface area contributed by atoms with Crippen molar-refractivity contribution in [1.82, 2.24) is 24.5 Å². The summed E-state index contributed by atoms with van der Waals surface area (Å²) < 4.78 is 7.95. The molecule has 0 unspecified atom stereocenters. The molecule has 0 radical (unpaired) electrons. The normalized spacial score (nSPS) is 18.3. The maximum Gasteiger partial charge on any atom is 0.162 e. The van der Waals surface area contributed by atoms with Crippen molar-refractivity contribution < 1.29 is 4.74 Å². The fourth-order valence-electron chi connectivity index (χ4n) is 5.00. The van der Waals surface area contributed by atoms with Crippen LogP contribution in [0.4, 0.5) is 11.5 Å². The first-order chi connectivity index (χ1) is 16.7. The van der Waals surface area contributed by atoms with Crippen molar-refractivity contribution in [1.29, 1.82) is 0 Å². The van der Waals surface area contributed by atoms with E-state index >= 15 is 0 Å². The van der Waals surface area contributed by atoms with Crippen molar-refractivity contribution >= 4 is 17.0 Å². The molecule has 7 nitrogen and oxygen atoms in total. The van der Waals surface area contributed by atoms with E-state index in [-0.39, 0.29) is 0 Å². The van der Waals surface area contributed by atoms with Crippen LogP contribution in [-0.4, -0.2) is 51.2 Å². The molecule has 0 amide bonds. The zero-order valence-corrected chi connectivity index (χ0v) is 19.9. The van der Waals surface area contributed by atoms with Gasteiger partial charge in [0.1, 0.15) is 30.5 Å². The van der Waals surface area contributed by atoms with Crippen molar-refractivity contribution in [2.45, 2.75) is 38.3 Å². The standard InChI is InChI=1S/C27H32N6O/c1-31(2)17-21-11-13-23(14-12-21)33(27-26-16-28-20-32(26)30-19-29-27)24-9-6-10-25(15-24)34-18-22-7-4-3-5-8-22/h3-10,15-16,19-21,23H,11-14,17-18H2,1-2H3. The van der Waals surface area contributed by atoms with Crippen LogP contribution < -0.4 is 9.64 Å². The van der Waals surface area contributed by atoms with Gasteiger partial charge in [-0.1, -0.05) is 36.4 Å². The average Bonchev–Trinajstić information content (AvgIpc) is 3.35. The first-order valence-corrected chi connectivity index (χ1v) is 12.0. The smallest absolute Gasteiger partial charge is 0.162 e. The second-order valence-electron chi connectivity index (χ2n) is 9.39. The Labute approximate surface area is 201 Å². The number of fused-ring (bicyclic) bond motifs is 1. The van der Waals surface area contributed by atoms with Gasteiger partial charge in [-0.3, -0.25) is 0 Å². The molecule has 34 heavy (non-hydrogen) atoms. The highest BCUT2D eigenvalue weighted by Gasteiger charge is 2.29. The van der Waals surface area contributed by atoms with Crippen molar-refractivity contribution in [2.24, 2.45) is 5.92 Å². The summed E-state index contributed by atoms with van der Waals surface area (Å²) in [4.78, 5) is 13.7. The second kappa shape index (κ2) is 10.2. The van der Waals surface area contributed by atoms with E-state index in [4.69, 9.17) is 9.72 Å². The molecule has 2 aromatic heterocycles. The first-order valence-electron chi connectivity index (χ1n) is 12.0. The molecule has 0 bridgehead atoms. The molecular weight excluding hydrogens is 424 g/mol. The zero-order chi connectivity index (χ0) is 23.3. The van der Waals surface area contributed by atoms with E-state index in [1.807, 2.05) is 30.5 Å². The van der Waals surface area contributed by atoms with Gasteiger partial charge in [0.25, 0.3) is 0 Å². The lowest BCUT2D eigenvalue weighted by Gasteiger charge is -2.38. The minimum absolute atomic E-state index is 0.358. The van der Waals surface area contributed by atoms with Crippen LogP contribution in [0.5, 0.6) is 5.75 Å². The van der Waals surface area contributed by atoms with Gasteiger partial charge in [-0.2, -0.15) is 5.10 Å². The lowest BCUT2D eigenvalue weighted by Crippen LogP contribution is -2.37. The lowest BCUT2D eigenvalue weighted by atomic mass is 9.84. The molecular formula is C27H32N6O. The molecule has 1 aliphatic rings. The van der Waals surface area contributed by atoms with Gasteiger partial charge in [0.05, 0.1) is 6.20 Å². The SMILES string of the molecule is CN(C)CC1CCC(N(c2cccc(OCc3ccccc3)c2)c2ncnn3cncc23)CC1. The van der Waals surface area contributed by atoms with E-state index in [1.165, 1.54) is 12.8 Å². The fraction of sp³-hybridized carbons (Fsp3) is 0.370. The van der Waals surface area contributed by atoms with E-state index in [9.17, 15) is 0 Å². The van der Waals surface area contributed by atoms with E-state index in [1.54, 1.807) is 17.2 Å². The highest BCUT2D eigenvalue weighted by atomic mass is 16.5. The van der Waals surface area contributed by atoms with Gasteiger partial charge in [-0.25, -0.2) is 14.5 Å². The van der Waals surface area contributed by atoms with Gasteiger partial charge >= 0.3 is 0 Å². The molecule has 0 spiro atoms. The fourth-order valence-corrected chi connectivity index (χ4v) is 5.00. The molecule has 1 saturated carbocycles. The van der Waals surface area contributed by atoms with Crippen LogP contribution in [0, 0.1) is 5.92 Å². The zero-order valence-electron chi connectivity index (χ0n) is 19.9. The van der Waals surface area contributed by atoms with Crippen molar-refractivity contribution in [3.63, 3.8) is 0 Å². The summed E-state index contributed by atoms with van der Waals surface area (Å²) in [6.45, 7) is 1.69. The Kier molecular flexibility index (Phi) is 6.72. The molecule has 2 aromatic carbocycles. The predicted molar refractivity (Wildman–Crippen MR) is 134 cm³/mol. The number of imidazole rings is 1. The molecule has 7 heteroatoms. The number of hydrogen-bond donors (Lipinski definition) is 0. The first kappa shape index (κ1) is 22.3. The van der Waals surface area contributed by atoms with E-state index in [0.717, 1.165) is 53.6 Å². The molecule has 1 fully saturated rings. The number of hydrogen-bond acceptors (Lipinski definition) is 6. The third-order valence-corrected chi connectivity index (χ3v) is 6.58. The Bertz CT molecular complexity index is 1200. The summed E-state index contributed by atoms with van der Waals surface area (Å²) in [6.07, 6.45) is 9.86. The van der Waals surface area contributed by atoms with Gasteiger partial charge in [-0.15, -0.1) is 0 Å². The Morgan fingerprint density at radius 1 is 1.00 bits per heavy atom. The second-order valence-corrected chi connectivity index (χ2v) is 9.39. The minimum atomic E-state index is 0.358. The number of rotatable bonds is 8. The molecule has 4 aromatic rings. The van der Waals surface area contributed by atoms with Gasteiger partial charge in [0, 0.05) is 24.3 Å². The number of aromatic nitrogens is 4. The molecule has 2 heterocycles. The number of benzene rings is 2. The van der Waals surface area contributed by atoms with Crippen molar-refractivity contribution in [3.05, 3.63) is 79.0 Å². The summed E-state index contributed by atoms with van der Waals surface area (Å²) >= 11 is 0. The largest absolute Gasteiger partial charge is 0.489 e. The maximum absolute atomic E-state index is 6.16. The van der Waals surface area contributed by atoms with Gasteiger partial charge in [-0.05, 0) is 63.4 Å². The minimum Gasteiger partial charge on any atom is -0.489 e. The molecule has 176 valence electrons. The molecule has 0 saturated heterocycles. The Morgan fingerprint density at radius 3 is 2.62 bits per heavy atom. The topological polar surface area (TPSA) is 58.8 Å². The van der Waals surface area contributed by atoms with Crippen LogP contribution in [0.3, 0.4) is 0 Å². The van der Waals surface area contributed by atoms with Crippen molar-refractivity contribution in [2.75, 3.05) is 25.5 Å². The Balaban J connectivity index is 1.44. The number of ether oxygens (including phenoxy) is 1.